The third-order valence-corrected chi connectivity index (χ3v) is 10.7. The summed E-state index contributed by atoms with van der Waals surface area (Å²) in [5.41, 5.74) is -1.14. The molecular formula is C40H45N3O6. The van der Waals surface area contributed by atoms with Crippen molar-refractivity contribution in [2.45, 2.75) is 63.8 Å². The number of carbonyl (C=O) groups excluding carboxylic acids is 3. The zero-order chi connectivity index (χ0) is 34.5. The van der Waals surface area contributed by atoms with Crippen LogP contribution in [0, 0.1) is 17.8 Å². The van der Waals surface area contributed by atoms with Gasteiger partial charge < -0.3 is 29.3 Å². The Hall–Kier alpha value is -4.47. The predicted octanol–water partition coefficient (Wildman–Crippen LogP) is 5.51. The van der Waals surface area contributed by atoms with E-state index in [4.69, 9.17) is 9.47 Å². The van der Waals surface area contributed by atoms with Gasteiger partial charge in [-0.15, -0.1) is 0 Å². The van der Waals surface area contributed by atoms with Gasteiger partial charge in [-0.05, 0) is 72.9 Å². The van der Waals surface area contributed by atoms with Crippen LogP contribution in [0.1, 0.15) is 40.5 Å². The molecule has 2 fully saturated rings. The summed E-state index contributed by atoms with van der Waals surface area (Å²) in [6.45, 7) is 8.74. The first-order valence-corrected chi connectivity index (χ1v) is 17.5. The second-order valence-corrected chi connectivity index (χ2v) is 14.0. The molecule has 2 saturated heterocycles. The summed E-state index contributed by atoms with van der Waals surface area (Å²) in [6.07, 6.45) is 8.57. The van der Waals surface area contributed by atoms with Crippen molar-refractivity contribution in [3.05, 3.63) is 91.0 Å². The Labute approximate surface area is 287 Å². The summed E-state index contributed by atoms with van der Waals surface area (Å²) in [5.74, 6) is -1.88. The van der Waals surface area contributed by atoms with Crippen LogP contribution in [0.15, 0.2) is 91.0 Å². The van der Waals surface area contributed by atoms with Crippen molar-refractivity contribution < 1.29 is 29.0 Å². The lowest BCUT2D eigenvalue weighted by Crippen LogP contribution is -2.59. The molecule has 0 bridgehead atoms. The summed E-state index contributed by atoms with van der Waals surface area (Å²) in [5, 5.41) is 12.8. The molecule has 9 nitrogen and oxygen atoms in total. The average molecular weight is 664 g/mol. The highest BCUT2D eigenvalue weighted by Crippen LogP contribution is 2.59. The van der Waals surface area contributed by atoms with Crippen LogP contribution in [0.3, 0.4) is 0 Å². The molecular weight excluding hydrogens is 618 g/mol. The highest BCUT2D eigenvalue weighted by Gasteiger charge is 2.76. The van der Waals surface area contributed by atoms with Crippen LogP contribution in [0.5, 0.6) is 5.75 Å². The number of anilines is 2. The van der Waals surface area contributed by atoms with Gasteiger partial charge in [0.1, 0.15) is 17.4 Å². The van der Waals surface area contributed by atoms with Crippen molar-refractivity contribution in [2.24, 2.45) is 17.8 Å². The van der Waals surface area contributed by atoms with Crippen LogP contribution in [0.25, 0.3) is 10.8 Å². The second kappa shape index (κ2) is 12.8. The zero-order valence-corrected chi connectivity index (χ0v) is 28.6. The summed E-state index contributed by atoms with van der Waals surface area (Å²) in [6, 6.07) is 19.6. The first kappa shape index (κ1) is 33.0. The Balaban J connectivity index is 1.35. The number of nitrogens with zero attached hydrogens (tertiary/aromatic N) is 3. The summed E-state index contributed by atoms with van der Waals surface area (Å²) >= 11 is 0. The van der Waals surface area contributed by atoms with Crippen molar-refractivity contribution in [1.29, 1.82) is 0 Å². The smallest absolute Gasteiger partial charge is 0.253 e. The number of rotatable bonds is 9. The fourth-order valence-corrected chi connectivity index (χ4v) is 8.61. The molecule has 1 N–H and O–H groups in total. The summed E-state index contributed by atoms with van der Waals surface area (Å²) in [7, 11) is 0. The maximum Gasteiger partial charge on any atom is 0.253 e. The first-order chi connectivity index (χ1) is 23.7. The van der Waals surface area contributed by atoms with Crippen molar-refractivity contribution in [1.82, 2.24) is 4.90 Å². The van der Waals surface area contributed by atoms with Gasteiger partial charge in [0, 0.05) is 24.5 Å². The van der Waals surface area contributed by atoms with Crippen molar-refractivity contribution in [3.8, 4) is 5.75 Å². The summed E-state index contributed by atoms with van der Waals surface area (Å²) < 4.78 is 12.8. The number of amides is 3. The van der Waals surface area contributed by atoms with Gasteiger partial charge in [-0.1, -0.05) is 75.4 Å². The minimum Gasteiger partial charge on any atom is -0.494 e. The monoisotopic (exact) mass is 663 g/mol. The number of carbonyl (C=O) groups is 3. The Morgan fingerprint density at radius 3 is 2.18 bits per heavy atom. The zero-order valence-electron chi connectivity index (χ0n) is 28.6. The molecule has 1 unspecified atom stereocenters. The lowest BCUT2D eigenvalue weighted by atomic mass is 9.73. The van der Waals surface area contributed by atoms with Crippen LogP contribution < -0.4 is 14.5 Å². The molecule has 256 valence electrons. The van der Waals surface area contributed by atoms with Gasteiger partial charge in [0.05, 0.1) is 36.7 Å². The van der Waals surface area contributed by atoms with Crippen molar-refractivity contribution >= 4 is 39.9 Å². The van der Waals surface area contributed by atoms with Crippen LogP contribution in [0.2, 0.25) is 0 Å². The van der Waals surface area contributed by atoms with E-state index in [2.05, 4.69) is 0 Å². The molecule has 3 aromatic rings. The molecule has 1 spiro atoms. The van der Waals surface area contributed by atoms with E-state index >= 15 is 9.59 Å². The minimum atomic E-state index is -1.42. The number of hydrogen-bond donors (Lipinski definition) is 1. The number of ether oxygens (including phenoxy) is 2. The van der Waals surface area contributed by atoms with E-state index < -0.39 is 35.1 Å². The van der Waals surface area contributed by atoms with Gasteiger partial charge in [0.15, 0.2) is 0 Å². The van der Waals surface area contributed by atoms with Gasteiger partial charge >= 0.3 is 0 Å². The highest BCUT2D eigenvalue weighted by atomic mass is 16.5. The standard InChI is InChI=1S/C40H45N3O6/c1-5-39-19-9-21-41(29-15-17-32(18-16-29)48-6-2)36(45)33(39)34-37(46)43(31(25-44)23-26(3)4)35-38(47)42(22-10-20-40(34,35)49-39)30-14-13-27-11-7-8-12-28(27)24-30/h7-20,24,26,31,33-35,44H,5-6,21-23,25H2,1-4H3/t31-,33+,34+,35?,39-,40+/m1/s1. The van der Waals surface area contributed by atoms with E-state index in [1.807, 2.05) is 119 Å². The molecule has 0 aromatic heterocycles. The minimum absolute atomic E-state index is 0.141. The predicted molar refractivity (Wildman–Crippen MR) is 189 cm³/mol. The lowest BCUT2D eigenvalue weighted by Gasteiger charge is -2.41. The van der Waals surface area contributed by atoms with E-state index in [1.54, 1.807) is 14.7 Å². The largest absolute Gasteiger partial charge is 0.494 e. The van der Waals surface area contributed by atoms with Gasteiger partial charge in [0.25, 0.3) is 5.91 Å². The molecule has 9 heteroatoms. The number of likely N-dealkylation sites (tertiary alicyclic amines) is 1. The first-order valence-electron chi connectivity index (χ1n) is 17.5. The van der Waals surface area contributed by atoms with E-state index in [0.717, 1.165) is 10.8 Å². The maximum atomic E-state index is 15.1. The fourth-order valence-electron chi connectivity index (χ4n) is 8.61. The molecule has 4 heterocycles. The molecule has 0 saturated carbocycles. The fraction of sp³-hybridized carbons (Fsp3) is 0.425. The van der Waals surface area contributed by atoms with Gasteiger partial charge in [-0.25, -0.2) is 0 Å². The second-order valence-electron chi connectivity index (χ2n) is 14.0. The number of fused-ring (bicyclic) bond motifs is 3. The Morgan fingerprint density at radius 1 is 0.837 bits per heavy atom. The molecule has 0 radical (unpaired) electrons. The van der Waals surface area contributed by atoms with E-state index in [1.165, 1.54) is 0 Å². The SMILES string of the molecule is CCOc1ccc(N2CC=C[C@@]3(CC)O[C@]45C=CCN(c6ccc7ccccc7c6)C(=O)C4N([C@@H](CO)CC(C)C)C(=O)[C@@H]5[C@H]3C2=O)cc1. The van der Waals surface area contributed by atoms with Gasteiger partial charge in [0.2, 0.25) is 11.8 Å². The topological polar surface area (TPSA) is 99.6 Å². The van der Waals surface area contributed by atoms with E-state index in [-0.39, 0.29) is 36.8 Å². The van der Waals surface area contributed by atoms with Crippen molar-refractivity contribution in [2.75, 3.05) is 36.1 Å². The number of hydrogen-bond acceptors (Lipinski definition) is 6. The van der Waals surface area contributed by atoms with Crippen LogP contribution in [0.4, 0.5) is 11.4 Å². The van der Waals surface area contributed by atoms with Gasteiger partial charge in [-0.3, -0.25) is 14.4 Å². The molecule has 4 aliphatic rings. The molecule has 4 aliphatic heterocycles. The third kappa shape index (κ3) is 5.25. The van der Waals surface area contributed by atoms with Crippen LogP contribution in [-0.4, -0.2) is 77.3 Å². The molecule has 7 rings (SSSR count). The van der Waals surface area contributed by atoms with Gasteiger partial charge in [-0.2, -0.15) is 0 Å². The maximum absolute atomic E-state index is 15.1. The average Bonchev–Trinajstić information content (AvgIpc) is 3.40. The van der Waals surface area contributed by atoms with E-state index in [9.17, 15) is 9.90 Å². The molecule has 6 atom stereocenters. The number of aliphatic hydroxyl groups excluding tert-OH is 1. The van der Waals surface area contributed by atoms with Crippen LogP contribution >= 0.6 is 0 Å². The Morgan fingerprint density at radius 2 is 1.51 bits per heavy atom. The summed E-state index contributed by atoms with van der Waals surface area (Å²) in [4.78, 5) is 50.0. The highest BCUT2D eigenvalue weighted by molar-refractivity contribution is 6.08. The normalized spacial score (nSPS) is 28.5. The number of benzene rings is 3. The Kier molecular flexibility index (Phi) is 8.61. The molecule has 0 aliphatic carbocycles. The van der Waals surface area contributed by atoms with Crippen molar-refractivity contribution in [3.63, 3.8) is 0 Å². The molecule has 49 heavy (non-hydrogen) atoms. The van der Waals surface area contributed by atoms with E-state index in [0.29, 0.717) is 43.1 Å². The van der Waals surface area contributed by atoms with Crippen LogP contribution in [-0.2, 0) is 19.1 Å². The third-order valence-electron chi connectivity index (χ3n) is 10.7. The Bertz CT molecular complexity index is 1820. The quantitative estimate of drug-likeness (QED) is 0.303. The number of aliphatic hydroxyl groups is 1. The molecule has 3 amide bonds. The lowest BCUT2D eigenvalue weighted by molar-refractivity contribution is -0.149. The molecule has 3 aromatic carbocycles.